The largest absolute Gasteiger partial charge is 0.462 e. The van der Waals surface area contributed by atoms with Crippen molar-refractivity contribution in [2.75, 3.05) is 12.3 Å². The molecule has 0 saturated heterocycles. The van der Waals surface area contributed by atoms with Gasteiger partial charge in [-0.3, -0.25) is 0 Å². The van der Waals surface area contributed by atoms with Crippen LogP contribution in [0.1, 0.15) is 17.3 Å². The van der Waals surface area contributed by atoms with Crippen LogP contribution in [0, 0.1) is 0 Å². The molecule has 0 aliphatic rings. The molecule has 0 amide bonds. The first-order valence-electron chi connectivity index (χ1n) is 6.11. The van der Waals surface area contributed by atoms with E-state index in [1.807, 2.05) is 18.2 Å². The molecule has 0 saturated carbocycles. The second kappa shape index (κ2) is 6.68. The number of benzene rings is 2. The van der Waals surface area contributed by atoms with Crippen molar-refractivity contribution in [2.45, 2.75) is 16.7 Å². The lowest BCUT2D eigenvalue weighted by Crippen LogP contribution is -2.07. The molecular weight excluding hydrogens is 294 g/mol. The van der Waals surface area contributed by atoms with Crippen LogP contribution in [0.25, 0.3) is 0 Å². The summed E-state index contributed by atoms with van der Waals surface area (Å²) in [5, 5.41) is 0.641. The van der Waals surface area contributed by atoms with Gasteiger partial charge in [0.1, 0.15) is 0 Å². The average molecular weight is 308 g/mol. The van der Waals surface area contributed by atoms with E-state index in [2.05, 4.69) is 0 Å². The van der Waals surface area contributed by atoms with Crippen molar-refractivity contribution in [3.63, 3.8) is 0 Å². The molecule has 0 aliphatic carbocycles. The molecule has 0 aromatic heterocycles. The lowest BCUT2D eigenvalue weighted by atomic mass is 10.2. The average Bonchev–Trinajstić information content (AvgIpc) is 2.41. The molecule has 2 aromatic rings. The van der Waals surface area contributed by atoms with Crippen LogP contribution in [0.2, 0.25) is 5.02 Å². The third-order valence-corrected chi connectivity index (χ3v) is 3.94. The first-order chi connectivity index (χ1) is 9.61. The summed E-state index contributed by atoms with van der Waals surface area (Å²) in [7, 11) is 0. The normalized spacial score (nSPS) is 10.3. The van der Waals surface area contributed by atoms with Crippen LogP contribution < -0.4 is 5.73 Å². The Balaban J connectivity index is 2.37. The number of halogens is 1. The Bertz CT molecular complexity index is 631. The van der Waals surface area contributed by atoms with Crippen molar-refractivity contribution in [3.8, 4) is 0 Å². The Morgan fingerprint density at radius 1 is 1.30 bits per heavy atom. The SMILES string of the molecule is CCOC(=O)c1cccc(N)c1Sc1cccc(Cl)c1. The second-order valence-corrected chi connectivity index (χ2v) is 5.52. The van der Waals surface area contributed by atoms with Crippen LogP contribution in [0.3, 0.4) is 0 Å². The van der Waals surface area contributed by atoms with E-state index in [0.717, 1.165) is 4.90 Å². The Labute approximate surface area is 127 Å². The molecule has 5 heteroatoms. The molecule has 0 spiro atoms. The van der Waals surface area contributed by atoms with E-state index in [9.17, 15) is 4.79 Å². The van der Waals surface area contributed by atoms with Crippen molar-refractivity contribution >= 4 is 35.0 Å². The third-order valence-electron chi connectivity index (χ3n) is 2.56. The number of carbonyl (C=O) groups is 1. The Morgan fingerprint density at radius 2 is 2.05 bits per heavy atom. The predicted molar refractivity (Wildman–Crippen MR) is 82.4 cm³/mol. The number of hydrogen-bond donors (Lipinski definition) is 1. The number of carbonyl (C=O) groups excluding carboxylic acids is 1. The lowest BCUT2D eigenvalue weighted by molar-refractivity contribution is 0.0522. The zero-order valence-electron chi connectivity index (χ0n) is 10.9. The number of ether oxygens (including phenoxy) is 1. The van der Waals surface area contributed by atoms with Crippen molar-refractivity contribution in [1.29, 1.82) is 0 Å². The molecule has 0 fully saturated rings. The summed E-state index contributed by atoms with van der Waals surface area (Å²) in [5.74, 6) is -0.371. The van der Waals surface area contributed by atoms with E-state index in [1.165, 1.54) is 11.8 Å². The zero-order chi connectivity index (χ0) is 14.5. The smallest absolute Gasteiger partial charge is 0.339 e. The fraction of sp³-hybridized carbons (Fsp3) is 0.133. The number of hydrogen-bond acceptors (Lipinski definition) is 4. The summed E-state index contributed by atoms with van der Waals surface area (Å²) in [6, 6.07) is 12.6. The van der Waals surface area contributed by atoms with Gasteiger partial charge in [-0.25, -0.2) is 4.79 Å². The first kappa shape index (κ1) is 14.8. The number of nitrogens with two attached hydrogens (primary N) is 1. The van der Waals surface area contributed by atoms with Gasteiger partial charge in [0.25, 0.3) is 0 Å². The van der Waals surface area contributed by atoms with Crippen LogP contribution in [-0.4, -0.2) is 12.6 Å². The fourth-order valence-corrected chi connectivity index (χ4v) is 2.96. The molecule has 2 aromatic carbocycles. The molecule has 2 rings (SSSR count). The first-order valence-corrected chi connectivity index (χ1v) is 7.30. The maximum atomic E-state index is 12.0. The molecule has 0 unspecified atom stereocenters. The number of nitrogen functional groups attached to an aromatic ring is 1. The van der Waals surface area contributed by atoms with Gasteiger partial charge in [-0.15, -0.1) is 0 Å². The third kappa shape index (κ3) is 3.46. The zero-order valence-corrected chi connectivity index (χ0v) is 12.5. The van der Waals surface area contributed by atoms with Gasteiger partial charge in [-0.05, 0) is 37.3 Å². The highest BCUT2D eigenvalue weighted by molar-refractivity contribution is 7.99. The van der Waals surface area contributed by atoms with E-state index in [4.69, 9.17) is 22.1 Å². The summed E-state index contributed by atoms with van der Waals surface area (Å²) < 4.78 is 5.05. The molecule has 20 heavy (non-hydrogen) atoms. The van der Waals surface area contributed by atoms with Gasteiger partial charge in [0.05, 0.1) is 12.2 Å². The lowest BCUT2D eigenvalue weighted by Gasteiger charge is -2.11. The van der Waals surface area contributed by atoms with Gasteiger partial charge >= 0.3 is 5.97 Å². The summed E-state index contributed by atoms with van der Waals surface area (Å²) in [4.78, 5) is 13.6. The van der Waals surface area contributed by atoms with E-state index < -0.39 is 0 Å². The highest BCUT2D eigenvalue weighted by atomic mass is 35.5. The molecular formula is C15H14ClNO2S. The fourth-order valence-electron chi connectivity index (χ4n) is 1.69. The van der Waals surface area contributed by atoms with Gasteiger partial charge < -0.3 is 10.5 Å². The molecule has 3 nitrogen and oxygen atoms in total. The molecule has 104 valence electrons. The Kier molecular flexibility index (Phi) is 4.93. The van der Waals surface area contributed by atoms with Crippen molar-refractivity contribution in [1.82, 2.24) is 0 Å². The molecule has 0 aliphatic heterocycles. The topological polar surface area (TPSA) is 52.3 Å². The van der Waals surface area contributed by atoms with Gasteiger partial charge in [0.2, 0.25) is 0 Å². The van der Waals surface area contributed by atoms with E-state index in [-0.39, 0.29) is 5.97 Å². The Hall–Kier alpha value is -1.65. The minimum absolute atomic E-state index is 0.328. The predicted octanol–water partition coefficient (Wildman–Crippen LogP) is 4.25. The Morgan fingerprint density at radius 3 is 2.75 bits per heavy atom. The monoisotopic (exact) mass is 307 g/mol. The summed E-state index contributed by atoms with van der Waals surface area (Å²) in [5.41, 5.74) is 6.99. The number of anilines is 1. The van der Waals surface area contributed by atoms with Crippen molar-refractivity contribution in [3.05, 3.63) is 53.1 Å². The minimum Gasteiger partial charge on any atom is -0.462 e. The van der Waals surface area contributed by atoms with Gasteiger partial charge in [0.15, 0.2) is 0 Å². The molecule has 0 atom stereocenters. The van der Waals surface area contributed by atoms with Crippen LogP contribution in [0.4, 0.5) is 5.69 Å². The molecule has 0 radical (unpaired) electrons. The van der Waals surface area contributed by atoms with E-state index in [0.29, 0.717) is 27.8 Å². The number of esters is 1. The van der Waals surface area contributed by atoms with Crippen LogP contribution >= 0.6 is 23.4 Å². The van der Waals surface area contributed by atoms with Gasteiger partial charge in [-0.1, -0.05) is 35.5 Å². The van der Waals surface area contributed by atoms with Crippen LogP contribution in [0.15, 0.2) is 52.3 Å². The van der Waals surface area contributed by atoms with E-state index >= 15 is 0 Å². The van der Waals surface area contributed by atoms with Crippen LogP contribution in [0.5, 0.6) is 0 Å². The molecule has 0 bridgehead atoms. The van der Waals surface area contributed by atoms with Crippen molar-refractivity contribution < 1.29 is 9.53 Å². The molecule has 2 N–H and O–H groups in total. The maximum absolute atomic E-state index is 12.0. The van der Waals surface area contributed by atoms with E-state index in [1.54, 1.807) is 31.2 Å². The van der Waals surface area contributed by atoms with Crippen LogP contribution in [-0.2, 0) is 4.74 Å². The second-order valence-electron chi connectivity index (χ2n) is 4.00. The standard InChI is InChI=1S/C15H14ClNO2S/c1-2-19-15(18)12-7-4-8-13(17)14(12)20-11-6-3-5-10(16)9-11/h3-9H,2,17H2,1H3. The number of rotatable bonds is 4. The highest BCUT2D eigenvalue weighted by Crippen LogP contribution is 2.36. The summed E-state index contributed by atoms with van der Waals surface area (Å²) in [6.45, 7) is 2.10. The van der Waals surface area contributed by atoms with Gasteiger partial charge in [-0.2, -0.15) is 0 Å². The minimum atomic E-state index is -0.371. The maximum Gasteiger partial charge on any atom is 0.339 e. The molecule has 0 heterocycles. The van der Waals surface area contributed by atoms with Gasteiger partial charge in [0, 0.05) is 20.5 Å². The highest BCUT2D eigenvalue weighted by Gasteiger charge is 2.15. The summed E-state index contributed by atoms with van der Waals surface area (Å²) >= 11 is 7.37. The van der Waals surface area contributed by atoms with Crippen molar-refractivity contribution in [2.24, 2.45) is 0 Å². The summed E-state index contributed by atoms with van der Waals surface area (Å²) in [6.07, 6.45) is 0. The quantitative estimate of drug-likeness (QED) is 0.677.